The predicted octanol–water partition coefficient (Wildman–Crippen LogP) is 4.35. The van der Waals surface area contributed by atoms with E-state index >= 15 is 0 Å². The lowest BCUT2D eigenvalue weighted by molar-refractivity contribution is -0.212. The van der Waals surface area contributed by atoms with Crippen LogP contribution in [-0.4, -0.2) is 46.7 Å². The molecule has 0 aliphatic heterocycles. The number of fused-ring (bicyclic) bond motifs is 5. The highest BCUT2D eigenvalue weighted by Gasteiger charge is 2.66. The van der Waals surface area contributed by atoms with Crippen LogP contribution in [0.25, 0.3) is 0 Å². The summed E-state index contributed by atoms with van der Waals surface area (Å²) in [5.41, 5.74) is 0.147. The molecule has 0 spiro atoms. The molecule has 1 unspecified atom stereocenters. The molecule has 4 fully saturated rings. The van der Waals surface area contributed by atoms with Crippen molar-refractivity contribution in [3.63, 3.8) is 0 Å². The summed E-state index contributed by atoms with van der Waals surface area (Å²) in [4.78, 5) is 11.5. The summed E-state index contributed by atoms with van der Waals surface area (Å²) in [7, 11) is 1.84. The molecule has 31 heavy (non-hydrogen) atoms. The number of carboxylic acid groups (broad SMARTS) is 1. The maximum absolute atomic E-state index is 11.5. The molecule has 0 heterocycles. The zero-order valence-corrected chi connectivity index (χ0v) is 20.1. The van der Waals surface area contributed by atoms with E-state index in [0.717, 1.165) is 44.9 Å². The van der Waals surface area contributed by atoms with Crippen molar-refractivity contribution in [2.75, 3.05) is 7.11 Å². The van der Waals surface area contributed by atoms with E-state index in [1.807, 2.05) is 14.0 Å². The van der Waals surface area contributed by atoms with Crippen molar-refractivity contribution in [1.82, 2.24) is 0 Å². The zero-order chi connectivity index (χ0) is 22.7. The minimum Gasteiger partial charge on any atom is -0.481 e. The van der Waals surface area contributed by atoms with Gasteiger partial charge in [-0.15, -0.1) is 0 Å². The highest BCUT2D eigenvalue weighted by atomic mass is 16.5. The topological polar surface area (TPSA) is 87.0 Å². The van der Waals surface area contributed by atoms with Gasteiger partial charge in [0.25, 0.3) is 0 Å². The predicted molar refractivity (Wildman–Crippen MR) is 119 cm³/mol. The fraction of sp³-hybridized carbons (Fsp3) is 0.962. The van der Waals surface area contributed by atoms with Gasteiger partial charge >= 0.3 is 5.97 Å². The summed E-state index contributed by atoms with van der Waals surface area (Å²) < 4.78 is 6.22. The molecule has 0 radical (unpaired) electrons. The Bertz CT molecular complexity index is 681. The molecular formula is C26H44O5. The van der Waals surface area contributed by atoms with Crippen LogP contribution in [0.2, 0.25) is 0 Å². The maximum atomic E-state index is 11.5. The SMILES string of the molecule is CO[C@H]1C[C@H]2[C@@H]([C@H](O)C[C@@H]3C[C@H](O)CC[C@@]32C)[C@@H]2CC[C@H]([C@H](C)CC(C)C(=O)O)[C@@]12C. The van der Waals surface area contributed by atoms with Crippen LogP contribution >= 0.6 is 0 Å². The van der Waals surface area contributed by atoms with Crippen LogP contribution in [0.5, 0.6) is 0 Å². The number of carboxylic acids is 1. The molecule has 4 aliphatic rings. The molecule has 0 bridgehead atoms. The van der Waals surface area contributed by atoms with Crippen molar-refractivity contribution in [2.24, 2.45) is 52.3 Å². The van der Waals surface area contributed by atoms with E-state index in [1.165, 1.54) is 0 Å². The lowest BCUT2D eigenvalue weighted by Crippen LogP contribution is -2.62. The summed E-state index contributed by atoms with van der Waals surface area (Å²) in [5, 5.41) is 31.1. The molecule has 3 N–H and O–H groups in total. The molecule has 4 rings (SSSR count). The zero-order valence-electron chi connectivity index (χ0n) is 20.1. The Labute approximate surface area is 187 Å². The lowest BCUT2D eigenvalue weighted by atomic mass is 9.43. The molecule has 178 valence electrons. The van der Waals surface area contributed by atoms with Crippen LogP contribution in [0.15, 0.2) is 0 Å². The third-order valence-corrected chi connectivity index (χ3v) is 10.9. The number of carbonyl (C=O) groups is 1. The van der Waals surface area contributed by atoms with Crippen molar-refractivity contribution in [3.8, 4) is 0 Å². The van der Waals surface area contributed by atoms with Gasteiger partial charge in [0.05, 0.1) is 24.2 Å². The molecule has 0 saturated heterocycles. The summed E-state index contributed by atoms with van der Waals surface area (Å²) in [6.07, 6.45) is 7.06. The first-order valence-electron chi connectivity index (χ1n) is 12.7. The molecule has 0 amide bonds. The fourth-order valence-corrected chi connectivity index (χ4v) is 9.28. The van der Waals surface area contributed by atoms with Gasteiger partial charge in [0.15, 0.2) is 0 Å². The average Bonchev–Trinajstić information content (AvgIpc) is 3.06. The number of hydrogen-bond donors (Lipinski definition) is 3. The number of aliphatic hydroxyl groups excluding tert-OH is 2. The number of aliphatic hydroxyl groups is 2. The summed E-state index contributed by atoms with van der Waals surface area (Å²) >= 11 is 0. The number of hydrogen-bond acceptors (Lipinski definition) is 4. The Balaban J connectivity index is 1.64. The first kappa shape index (κ1) is 23.5. The van der Waals surface area contributed by atoms with Crippen molar-refractivity contribution in [1.29, 1.82) is 0 Å². The summed E-state index contributed by atoms with van der Waals surface area (Å²) in [6, 6.07) is 0. The van der Waals surface area contributed by atoms with Gasteiger partial charge in [-0.3, -0.25) is 4.79 Å². The monoisotopic (exact) mass is 436 g/mol. The van der Waals surface area contributed by atoms with Crippen LogP contribution in [-0.2, 0) is 9.53 Å². The van der Waals surface area contributed by atoms with Crippen LogP contribution in [0.1, 0.15) is 79.1 Å². The Morgan fingerprint density at radius 3 is 2.42 bits per heavy atom. The van der Waals surface area contributed by atoms with Crippen molar-refractivity contribution >= 4 is 5.97 Å². The van der Waals surface area contributed by atoms with Crippen LogP contribution in [0.4, 0.5) is 0 Å². The number of aliphatic carboxylic acids is 1. The van der Waals surface area contributed by atoms with Gasteiger partial charge in [0.1, 0.15) is 0 Å². The fourth-order valence-electron chi connectivity index (χ4n) is 9.28. The smallest absolute Gasteiger partial charge is 0.306 e. The highest BCUT2D eigenvalue weighted by molar-refractivity contribution is 5.69. The Hall–Kier alpha value is -0.650. The van der Waals surface area contributed by atoms with E-state index in [2.05, 4.69) is 20.8 Å². The third-order valence-electron chi connectivity index (χ3n) is 10.9. The largest absolute Gasteiger partial charge is 0.481 e. The van der Waals surface area contributed by atoms with Gasteiger partial charge in [-0.05, 0) is 92.3 Å². The minimum atomic E-state index is -0.709. The molecule has 5 nitrogen and oxygen atoms in total. The Morgan fingerprint density at radius 2 is 1.77 bits per heavy atom. The molecular weight excluding hydrogens is 392 g/mol. The second-order valence-electron chi connectivity index (χ2n) is 12.2. The lowest BCUT2D eigenvalue weighted by Gasteiger charge is -2.64. The Morgan fingerprint density at radius 1 is 1.06 bits per heavy atom. The first-order valence-corrected chi connectivity index (χ1v) is 12.7. The quantitative estimate of drug-likeness (QED) is 0.596. The van der Waals surface area contributed by atoms with Gasteiger partial charge < -0.3 is 20.1 Å². The average molecular weight is 437 g/mol. The number of ether oxygens (including phenoxy) is 1. The van der Waals surface area contributed by atoms with Crippen molar-refractivity contribution < 1.29 is 24.9 Å². The molecule has 0 aromatic heterocycles. The third kappa shape index (κ3) is 3.58. The Kier molecular flexibility index (Phi) is 6.28. The first-order chi connectivity index (χ1) is 14.5. The molecule has 5 heteroatoms. The van der Waals surface area contributed by atoms with E-state index in [0.29, 0.717) is 41.9 Å². The summed E-state index contributed by atoms with van der Waals surface area (Å²) in [5.74, 6) is 1.25. The minimum absolute atomic E-state index is 0.0219. The van der Waals surface area contributed by atoms with Crippen LogP contribution in [0.3, 0.4) is 0 Å². The molecule has 12 atom stereocenters. The van der Waals surface area contributed by atoms with E-state index in [4.69, 9.17) is 4.74 Å². The summed E-state index contributed by atoms with van der Waals surface area (Å²) in [6.45, 7) is 8.86. The normalized spacial score (nSPS) is 51.3. The van der Waals surface area contributed by atoms with E-state index in [-0.39, 0.29) is 35.1 Å². The second kappa shape index (κ2) is 8.29. The van der Waals surface area contributed by atoms with Crippen LogP contribution in [0, 0.1) is 52.3 Å². The van der Waals surface area contributed by atoms with Gasteiger partial charge in [-0.1, -0.05) is 27.7 Å². The van der Waals surface area contributed by atoms with Gasteiger partial charge in [-0.25, -0.2) is 0 Å². The van der Waals surface area contributed by atoms with Gasteiger partial charge in [-0.2, -0.15) is 0 Å². The van der Waals surface area contributed by atoms with Crippen LogP contribution < -0.4 is 0 Å². The number of rotatable bonds is 5. The molecule has 0 aromatic carbocycles. The van der Waals surface area contributed by atoms with E-state index in [1.54, 1.807) is 0 Å². The molecule has 4 aliphatic carbocycles. The number of methoxy groups -OCH3 is 1. The van der Waals surface area contributed by atoms with Gasteiger partial charge in [0, 0.05) is 12.5 Å². The second-order valence-corrected chi connectivity index (χ2v) is 12.2. The molecule has 0 aromatic rings. The van der Waals surface area contributed by atoms with E-state index in [9.17, 15) is 20.1 Å². The van der Waals surface area contributed by atoms with Crippen molar-refractivity contribution in [3.05, 3.63) is 0 Å². The highest BCUT2D eigenvalue weighted by Crippen LogP contribution is 2.68. The molecule has 4 saturated carbocycles. The van der Waals surface area contributed by atoms with E-state index < -0.39 is 5.97 Å². The maximum Gasteiger partial charge on any atom is 0.306 e. The standard InChI is InChI=1S/C26H44O5/c1-14(10-15(2)24(29)30)18-6-7-19-23-20(13-22(31-5)26(18,19)4)25(3)9-8-17(27)11-16(25)12-21(23)28/h14-23,27-28H,6-13H2,1-5H3,(H,29,30)/t14-,15?,16+,17-,18-,19+,20+,21-,22+,23+,25+,26-/m1/s1. The van der Waals surface area contributed by atoms with Crippen molar-refractivity contribution in [2.45, 2.75) is 97.4 Å². The van der Waals surface area contributed by atoms with Gasteiger partial charge in [0.2, 0.25) is 0 Å².